The van der Waals surface area contributed by atoms with Gasteiger partial charge in [0.25, 0.3) is 0 Å². The van der Waals surface area contributed by atoms with Crippen molar-refractivity contribution in [3.63, 3.8) is 0 Å². The quantitative estimate of drug-likeness (QED) is 0.135. The summed E-state index contributed by atoms with van der Waals surface area (Å²) in [5.74, 6) is 0. The Morgan fingerprint density at radius 3 is 1.63 bits per heavy atom. The Labute approximate surface area is 393 Å². The molecule has 67 heavy (non-hydrogen) atoms. The minimum atomic E-state index is 0.428. The van der Waals surface area contributed by atoms with Crippen LogP contribution in [0.3, 0.4) is 0 Å². The zero-order chi connectivity index (χ0) is 46.9. The number of rotatable bonds is 9. The predicted octanol–water partition coefficient (Wildman–Crippen LogP) is 15.3. The molecule has 0 radical (unpaired) electrons. The summed E-state index contributed by atoms with van der Waals surface area (Å²) < 4.78 is 4.64. The Hall–Kier alpha value is -8.94. The summed E-state index contributed by atoms with van der Waals surface area (Å²) in [4.78, 5) is 0. The van der Waals surface area contributed by atoms with Gasteiger partial charge in [-0.2, -0.15) is 21.0 Å². The fourth-order valence-electron chi connectivity index (χ4n) is 9.28. The van der Waals surface area contributed by atoms with E-state index in [1.165, 1.54) is 0 Å². The standard InChI is InChI=1S/C59H42N6.C2H6/c1-3-5-10-20-51-46(4-2)47-18-13-15-22-52(47)64(51)58-55(43-30-24-40(36-60)25-31-43)50(39-63)56(44-32-26-41(37-61)27-33-44)59(57(58)45-34-28-42(38-62)29-35-45)65-53-21-12-9-7-6-8-11-17-48(53)49-19-14-16-23-54(49)65;1-2/h3,6-8,10-16,18-35H,1,4-5,9,17H2,2H3;1-2H3/b7-6-,11-8-,20-10-,21-12-;. The summed E-state index contributed by atoms with van der Waals surface area (Å²) in [5, 5.41) is 44.3. The highest BCUT2D eigenvalue weighted by Gasteiger charge is 2.33. The van der Waals surface area contributed by atoms with Crippen LogP contribution in [0.1, 0.15) is 78.4 Å². The summed E-state index contributed by atoms with van der Waals surface area (Å²) in [7, 11) is 0. The molecule has 0 spiro atoms. The number of nitrogens with zero attached hydrogens (tertiary/aromatic N) is 6. The Morgan fingerprint density at radius 1 is 0.582 bits per heavy atom. The molecule has 0 fully saturated rings. The third-order valence-corrected chi connectivity index (χ3v) is 12.1. The van der Waals surface area contributed by atoms with Gasteiger partial charge in [0.1, 0.15) is 6.07 Å². The molecule has 322 valence electrons. The minimum Gasteiger partial charge on any atom is -0.308 e. The van der Waals surface area contributed by atoms with Gasteiger partial charge >= 0.3 is 0 Å². The molecule has 0 saturated heterocycles. The number of hydrogen-bond acceptors (Lipinski definition) is 4. The van der Waals surface area contributed by atoms with Crippen LogP contribution in [0.5, 0.6) is 0 Å². The molecule has 6 heteroatoms. The zero-order valence-electron chi connectivity index (χ0n) is 38.0. The second-order valence-electron chi connectivity index (χ2n) is 15.8. The lowest BCUT2D eigenvalue weighted by atomic mass is 9.83. The first kappa shape index (κ1) is 44.7. The number of allylic oxidation sites excluding steroid dienone is 7. The Kier molecular flexibility index (Phi) is 13.5. The van der Waals surface area contributed by atoms with E-state index in [0.717, 1.165) is 90.8 Å². The van der Waals surface area contributed by atoms with Crippen LogP contribution in [0.25, 0.3) is 78.7 Å². The first-order chi connectivity index (χ1) is 33.0. The van der Waals surface area contributed by atoms with Crippen molar-refractivity contribution in [2.75, 3.05) is 0 Å². The monoisotopic (exact) mass is 864 g/mol. The minimum absolute atomic E-state index is 0.428. The molecule has 2 heterocycles. The van der Waals surface area contributed by atoms with Gasteiger partial charge in [0.15, 0.2) is 0 Å². The van der Waals surface area contributed by atoms with Gasteiger partial charge in [0.2, 0.25) is 0 Å². The van der Waals surface area contributed by atoms with Crippen molar-refractivity contribution in [1.29, 1.82) is 21.0 Å². The zero-order valence-corrected chi connectivity index (χ0v) is 38.0. The maximum atomic E-state index is 12.0. The average Bonchev–Trinajstić information content (AvgIpc) is 3.88. The van der Waals surface area contributed by atoms with Crippen LogP contribution in [-0.2, 0) is 12.8 Å². The first-order valence-electron chi connectivity index (χ1n) is 22.7. The van der Waals surface area contributed by atoms with Gasteiger partial charge in [-0.1, -0.05) is 136 Å². The van der Waals surface area contributed by atoms with E-state index in [0.29, 0.717) is 46.2 Å². The third-order valence-electron chi connectivity index (χ3n) is 12.1. The van der Waals surface area contributed by atoms with E-state index < -0.39 is 0 Å². The molecule has 9 rings (SSSR count). The van der Waals surface area contributed by atoms with Crippen molar-refractivity contribution in [2.45, 2.75) is 46.5 Å². The highest BCUT2D eigenvalue weighted by Crippen LogP contribution is 2.52. The van der Waals surface area contributed by atoms with Crippen molar-refractivity contribution in [3.8, 4) is 69.0 Å². The summed E-state index contributed by atoms with van der Waals surface area (Å²) in [6.07, 6.45) is 21.8. The highest BCUT2D eigenvalue weighted by molar-refractivity contribution is 6.06. The van der Waals surface area contributed by atoms with Crippen LogP contribution in [0.4, 0.5) is 0 Å². The maximum Gasteiger partial charge on any atom is 0.101 e. The van der Waals surface area contributed by atoms with Crippen molar-refractivity contribution in [1.82, 2.24) is 9.13 Å². The second-order valence-corrected chi connectivity index (χ2v) is 15.8. The summed E-state index contributed by atoms with van der Waals surface area (Å²) in [5.41, 5.74) is 14.2. The first-order valence-corrected chi connectivity index (χ1v) is 22.7. The number of fused-ring (bicyclic) bond motifs is 4. The summed E-state index contributed by atoms with van der Waals surface area (Å²) >= 11 is 0. The van der Waals surface area contributed by atoms with Gasteiger partial charge < -0.3 is 9.13 Å². The Bertz CT molecular complexity index is 3460. The van der Waals surface area contributed by atoms with E-state index in [9.17, 15) is 21.0 Å². The lowest BCUT2D eigenvalue weighted by Crippen LogP contribution is -2.12. The molecule has 0 bridgehead atoms. The van der Waals surface area contributed by atoms with E-state index >= 15 is 0 Å². The van der Waals surface area contributed by atoms with Crippen LogP contribution in [0, 0.1) is 45.3 Å². The predicted molar refractivity (Wildman–Crippen MR) is 275 cm³/mol. The van der Waals surface area contributed by atoms with Crippen LogP contribution in [0.2, 0.25) is 0 Å². The number of para-hydroxylation sites is 2. The molecule has 0 N–H and O–H groups in total. The van der Waals surface area contributed by atoms with Crippen LogP contribution in [0.15, 0.2) is 170 Å². The van der Waals surface area contributed by atoms with E-state index in [1.54, 1.807) is 24.3 Å². The molecular weight excluding hydrogens is 817 g/mol. The Morgan fingerprint density at radius 2 is 1.09 bits per heavy atom. The number of aryl methyl sites for hydroxylation is 1. The molecule has 6 aromatic carbocycles. The SMILES string of the molecule is C=CC/C=C\c1c(CC)c2ccccc2n1-c1c(-c2ccc(C#N)cc2)c(C#N)c(-c2ccc(C#N)cc2)c(-n2c3c(c4ccccc42)C/C=C\C=C/C/C=C\3)c1-c1ccc(C#N)cc1.CC. The van der Waals surface area contributed by atoms with Gasteiger partial charge in [0, 0.05) is 33.2 Å². The second kappa shape index (κ2) is 20.3. The molecular formula is C61H48N6. The van der Waals surface area contributed by atoms with Crippen LogP contribution >= 0.6 is 0 Å². The van der Waals surface area contributed by atoms with Crippen LogP contribution in [-0.4, -0.2) is 9.13 Å². The molecule has 0 amide bonds. The van der Waals surface area contributed by atoms with Crippen molar-refractivity contribution < 1.29 is 0 Å². The molecule has 0 atom stereocenters. The largest absolute Gasteiger partial charge is 0.308 e. The molecule has 0 unspecified atom stereocenters. The van der Waals surface area contributed by atoms with Crippen molar-refractivity contribution in [3.05, 3.63) is 215 Å². The lowest BCUT2D eigenvalue weighted by molar-refractivity contribution is 1.04. The van der Waals surface area contributed by atoms with Gasteiger partial charge in [-0.3, -0.25) is 0 Å². The number of benzene rings is 6. The van der Waals surface area contributed by atoms with Crippen molar-refractivity contribution in [2.24, 2.45) is 0 Å². The number of nitriles is 4. The van der Waals surface area contributed by atoms with Gasteiger partial charge in [-0.25, -0.2) is 0 Å². The van der Waals surface area contributed by atoms with E-state index in [4.69, 9.17) is 0 Å². The fourth-order valence-corrected chi connectivity index (χ4v) is 9.28. The average molecular weight is 865 g/mol. The van der Waals surface area contributed by atoms with E-state index in [-0.39, 0.29) is 0 Å². The molecule has 0 saturated carbocycles. The molecule has 6 nitrogen and oxygen atoms in total. The molecule has 8 aromatic rings. The van der Waals surface area contributed by atoms with Gasteiger partial charge in [-0.05, 0) is 114 Å². The maximum absolute atomic E-state index is 12.0. The van der Waals surface area contributed by atoms with Gasteiger partial charge in [-0.15, -0.1) is 6.58 Å². The number of aromatic nitrogens is 2. The Balaban J connectivity index is 0.00000300. The molecule has 1 aliphatic rings. The summed E-state index contributed by atoms with van der Waals surface area (Å²) in [6, 6.07) is 49.2. The molecule has 0 aliphatic heterocycles. The topological polar surface area (TPSA) is 105 Å². The normalized spacial score (nSPS) is 13.3. The highest BCUT2D eigenvalue weighted by atomic mass is 15.0. The van der Waals surface area contributed by atoms with Gasteiger partial charge in [0.05, 0.1) is 68.6 Å². The van der Waals surface area contributed by atoms with Crippen molar-refractivity contribution >= 4 is 34.0 Å². The molecule has 2 aromatic heterocycles. The fraction of sp³-hybridized carbons (Fsp3) is 0.115. The van der Waals surface area contributed by atoms with E-state index in [2.05, 4.69) is 144 Å². The third kappa shape index (κ3) is 8.22. The molecule has 1 aliphatic carbocycles. The smallest absolute Gasteiger partial charge is 0.101 e. The summed E-state index contributed by atoms with van der Waals surface area (Å²) in [6.45, 7) is 10.2. The van der Waals surface area contributed by atoms with Crippen LogP contribution < -0.4 is 0 Å². The number of hydrogen-bond donors (Lipinski definition) is 0. The lowest BCUT2D eigenvalue weighted by Gasteiger charge is -2.29. The van der Waals surface area contributed by atoms with E-state index in [1.807, 2.05) is 68.5 Å².